The highest BCUT2D eigenvalue weighted by Crippen LogP contribution is 2.27. The lowest BCUT2D eigenvalue weighted by Gasteiger charge is -2.18. The normalized spacial score (nSPS) is 12.5. The van der Waals surface area contributed by atoms with E-state index in [2.05, 4.69) is 20.8 Å². The Bertz CT molecular complexity index is 365. The van der Waals surface area contributed by atoms with Crippen LogP contribution in [0.2, 0.25) is 0 Å². The first-order valence-electron chi connectivity index (χ1n) is 6.79. The summed E-state index contributed by atoms with van der Waals surface area (Å²) in [7, 11) is 0. The number of hydrogen-bond acceptors (Lipinski definition) is 2. The lowest BCUT2D eigenvalue weighted by molar-refractivity contribution is -0.119. The Balaban J connectivity index is 2.71. The third-order valence-corrected chi connectivity index (χ3v) is 3.11. The van der Waals surface area contributed by atoms with Gasteiger partial charge in [-0.15, -0.1) is 0 Å². The summed E-state index contributed by atoms with van der Waals surface area (Å²) in [5.41, 5.74) is 1.08. The minimum atomic E-state index is -0.00491. The second-order valence-corrected chi connectivity index (χ2v) is 5.10. The number of carbonyl (C=O) groups is 1. The molecular weight excluding hydrogens is 224 g/mol. The first kappa shape index (κ1) is 14.7. The number of ketones is 1. The predicted octanol–water partition coefficient (Wildman–Crippen LogP) is 4.19. The van der Waals surface area contributed by atoms with Gasteiger partial charge in [0, 0.05) is 5.92 Å². The minimum Gasteiger partial charge on any atom is -0.494 e. The molecule has 0 amide bonds. The number of hydrogen-bond donors (Lipinski definition) is 0. The Kier molecular flexibility index (Phi) is 5.90. The van der Waals surface area contributed by atoms with Gasteiger partial charge in [-0.05, 0) is 37.0 Å². The van der Waals surface area contributed by atoms with E-state index >= 15 is 0 Å². The molecule has 0 N–H and O–H groups in total. The number of ether oxygens (including phenoxy) is 1. The van der Waals surface area contributed by atoms with Crippen LogP contribution in [0.1, 0.15) is 52.0 Å². The standard InChI is InChI=1S/C16H24O2/c1-5-6-11-18-15-9-7-14(8-10-15)16(12(2)3)13(4)17/h7-10,12,16H,5-6,11H2,1-4H3. The minimum absolute atomic E-state index is 0.00491. The SMILES string of the molecule is CCCCOc1ccc(C(C(C)=O)C(C)C)cc1. The molecule has 1 atom stereocenters. The van der Waals surface area contributed by atoms with Crippen LogP contribution in [0.25, 0.3) is 0 Å². The highest BCUT2D eigenvalue weighted by Gasteiger charge is 2.20. The number of rotatable bonds is 7. The van der Waals surface area contributed by atoms with E-state index in [9.17, 15) is 4.79 Å². The molecule has 0 bridgehead atoms. The zero-order chi connectivity index (χ0) is 13.5. The van der Waals surface area contributed by atoms with Crippen molar-refractivity contribution < 1.29 is 9.53 Å². The molecule has 18 heavy (non-hydrogen) atoms. The van der Waals surface area contributed by atoms with Crippen molar-refractivity contribution in [1.29, 1.82) is 0 Å². The van der Waals surface area contributed by atoms with E-state index in [4.69, 9.17) is 4.74 Å². The molecular formula is C16H24O2. The summed E-state index contributed by atoms with van der Waals surface area (Å²) in [5.74, 6) is 1.44. The maximum absolute atomic E-state index is 11.7. The first-order chi connectivity index (χ1) is 8.56. The van der Waals surface area contributed by atoms with Crippen LogP contribution in [-0.2, 0) is 4.79 Å². The van der Waals surface area contributed by atoms with Gasteiger partial charge in [-0.1, -0.05) is 39.3 Å². The van der Waals surface area contributed by atoms with Gasteiger partial charge < -0.3 is 4.74 Å². The predicted molar refractivity (Wildman–Crippen MR) is 75.1 cm³/mol. The molecule has 2 nitrogen and oxygen atoms in total. The van der Waals surface area contributed by atoms with Crippen LogP contribution in [-0.4, -0.2) is 12.4 Å². The van der Waals surface area contributed by atoms with E-state index in [1.165, 1.54) is 0 Å². The van der Waals surface area contributed by atoms with Gasteiger partial charge >= 0.3 is 0 Å². The molecule has 0 saturated heterocycles. The van der Waals surface area contributed by atoms with Crippen molar-refractivity contribution in [2.75, 3.05) is 6.61 Å². The summed E-state index contributed by atoms with van der Waals surface area (Å²) in [6.45, 7) is 8.73. The van der Waals surface area contributed by atoms with Crippen LogP contribution in [0.15, 0.2) is 24.3 Å². The Morgan fingerprint density at radius 2 is 1.83 bits per heavy atom. The van der Waals surface area contributed by atoms with Crippen LogP contribution in [0.3, 0.4) is 0 Å². The van der Waals surface area contributed by atoms with Gasteiger partial charge in [-0.2, -0.15) is 0 Å². The molecule has 0 aromatic heterocycles. The maximum Gasteiger partial charge on any atom is 0.137 e. The monoisotopic (exact) mass is 248 g/mol. The summed E-state index contributed by atoms with van der Waals surface area (Å²) in [4.78, 5) is 11.7. The third-order valence-electron chi connectivity index (χ3n) is 3.11. The molecule has 0 radical (unpaired) electrons. The van der Waals surface area contributed by atoms with Gasteiger partial charge in [0.25, 0.3) is 0 Å². The lowest BCUT2D eigenvalue weighted by atomic mass is 9.85. The van der Waals surface area contributed by atoms with Crippen LogP contribution >= 0.6 is 0 Å². The zero-order valence-corrected chi connectivity index (χ0v) is 11.9. The topological polar surface area (TPSA) is 26.3 Å². The molecule has 0 saturated carbocycles. The van der Waals surface area contributed by atoms with Crippen molar-refractivity contribution in [2.24, 2.45) is 5.92 Å². The molecule has 0 aliphatic rings. The summed E-state index contributed by atoms with van der Waals surface area (Å²) in [6, 6.07) is 7.94. The quantitative estimate of drug-likeness (QED) is 0.676. The molecule has 2 heteroatoms. The summed E-state index contributed by atoms with van der Waals surface area (Å²) in [6.07, 6.45) is 2.21. The van der Waals surface area contributed by atoms with Gasteiger partial charge in [0.15, 0.2) is 0 Å². The number of Topliss-reactive ketones (excluding diaryl/α,β-unsaturated/α-hetero) is 1. The van der Waals surface area contributed by atoms with E-state index in [-0.39, 0.29) is 11.7 Å². The lowest BCUT2D eigenvalue weighted by Crippen LogP contribution is -2.15. The third kappa shape index (κ3) is 4.17. The molecule has 0 aliphatic carbocycles. The highest BCUT2D eigenvalue weighted by molar-refractivity contribution is 5.83. The fraction of sp³-hybridized carbons (Fsp3) is 0.562. The molecule has 100 valence electrons. The van der Waals surface area contributed by atoms with Crippen molar-refractivity contribution in [2.45, 2.75) is 46.5 Å². The fourth-order valence-corrected chi connectivity index (χ4v) is 2.19. The van der Waals surface area contributed by atoms with Crippen molar-refractivity contribution >= 4 is 5.78 Å². The summed E-state index contributed by atoms with van der Waals surface area (Å²) < 4.78 is 5.62. The fourth-order valence-electron chi connectivity index (χ4n) is 2.19. The molecule has 0 fully saturated rings. The Hall–Kier alpha value is -1.31. The number of carbonyl (C=O) groups excluding carboxylic acids is 1. The van der Waals surface area contributed by atoms with Gasteiger partial charge in [-0.25, -0.2) is 0 Å². The molecule has 1 aromatic carbocycles. The molecule has 0 spiro atoms. The van der Waals surface area contributed by atoms with Crippen LogP contribution in [0.4, 0.5) is 0 Å². The van der Waals surface area contributed by atoms with Crippen LogP contribution in [0.5, 0.6) is 5.75 Å². The second-order valence-electron chi connectivity index (χ2n) is 5.10. The van der Waals surface area contributed by atoms with E-state index < -0.39 is 0 Å². The summed E-state index contributed by atoms with van der Waals surface area (Å²) in [5, 5.41) is 0. The van der Waals surface area contributed by atoms with Gasteiger partial charge in [-0.3, -0.25) is 4.79 Å². The van der Waals surface area contributed by atoms with Crippen LogP contribution in [0, 0.1) is 5.92 Å². The Morgan fingerprint density at radius 1 is 1.22 bits per heavy atom. The van der Waals surface area contributed by atoms with E-state index in [1.54, 1.807) is 6.92 Å². The Morgan fingerprint density at radius 3 is 2.28 bits per heavy atom. The summed E-state index contributed by atoms with van der Waals surface area (Å²) >= 11 is 0. The number of unbranched alkanes of at least 4 members (excludes halogenated alkanes) is 1. The average Bonchev–Trinajstić information content (AvgIpc) is 2.30. The molecule has 1 aromatic rings. The smallest absolute Gasteiger partial charge is 0.137 e. The Labute approximate surface area is 110 Å². The van der Waals surface area contributed by atoms with Crippen molar-refractivity contribution in [3.63, 3.8) is 0 Å². The second kappa shape index (κ2) is 7.20. The van der Waals surface area contributed by atoms with Gasteiger partial charge in [0.05, 0.1) is 6.61 Å². The van der Waals surface area contributed by atoms with E-state index in [0.717, 1.165) is 30.8 Å². The molecule has 0 heterocycles. The molecule has 1 unspecified atom stereocenters. The molecule has 0 aliphatic heterocycles. The molecule has 1 rings (SSSR count). The first-order valence-corrected chi connectivity index (χ1v) is 6.79. The highest BCUT2D eigenvalue weighted by atomic mass is 16.5. The number of benzene rings is 1. The van der Waals surface area contributed by atoms with Crippen molar-refractivity contribution in [1.82, 2.24) is 0 Å². The van der Waals surface area contributed by atoms with Crippen molar-refractivity contribution in [3.05, 3.63) is 29.8 Å². The van der Waals surface area contributed by atoms with Gasteiger partial charge in [0.2, 0.25) is 0 Å². The zero-order valence-electron chi connectivity index (χ0n) is 11.9. The van der Waals surface area contributed by atoms with Gasteiger partial charge in [0.1, 0.15) is 11.5 Å². The largest absolute Gasteiger partial charge is 0.494 e. The maximum atomic E-state index is 11.7. The van der Waals surface area contributed by atoms with E-state index in [0.29, 0.717) is 5.92 Å². The van der Waals surface area contributed by atoms with E-state index in [1.807, 2.05) is 24.3 Å². The van der Waals surface area contributed by atoms with Crippen LogP contribution < -0.4 is 4.74 Å². The average molecular weight is 248 g/mol. The van der Waals surface area contributed by atoms with Crippen molar-refractivity contribution in [3.8, 4) is 5.75 Å².